The maximum Gasteiger partial charge on any atom is 0.101 e. The lowest BCUT2D eigenvalue weighted by atomic mass is 9.80. The molecule has 2 aliphatic carbocycles. The maximum absolute atomic E-state index is 7.05. The molecule has 0 heterocycles. The van der Waals surface area contributed by atoms with Crippen molar-refractivity contribution < 1.29 is 0 Å². The van der Waals surface area contributed by atoms with Crippen molar-refractivity contribution >= 4 is 55.0 Å². The van der Waals surface area contributed by atoms with E-state index >= 15 is 0 Å². The Morgan fingerprint density at radius 2 is 1.19 bits per heavy atom. The molecule has 67 heavy (non-hydrogen) atoms. The number of aryl methyl sites for hydroxylation is 2. The molecule has 0 fully saturated rings. The Labute approximate surface area is 396 Å². The fraction of sp³-hybridized carbons (Fsp3) is 0.156. The molecule has 0 spiro atoms. The molecule has 0 aromatic heterocycles. The first-order chi connectivity index (χ1) is 32.7. The van der Waals surface area contributed by atoms with Crippen LogP contribution in [0.25, 0.3) is 60.1 Å². The van der Waals surface area contributed by atoms with Gasteiger partial charge in [-0.05, 0) is 174 Å². The Bertz CT molecular complexity index is 3310. The molecule has 3 nitrogen and oxygen atoms in total. The van der Waals surface area contributed by atoms with Crippen LogP contribution in [0.15, 0.2) is 223 Å². The molecule has 2 aliphatic rings. The first-order valence-corrected chi connectivity index (χ1v) is 23.9. The molecule has 8 aromatic carbocycles. The van der Waals surface area contributed by atoms with Crippen molar-refractivity contribution in [2.45, 2.75) is 66.1 Å². The number of rotatable bonds is 11. The summed E-state index contributed by atoms with van der Waals surface area (Å²) in [7, 11) is 0. The summed E-state index contributed by atoms with van der Waals surface area (Å²) in [5, 5.41) is 7.65. The van der Waals surface area contributed by atoms with Crippen LogP contribution in [0.3, 0.4) is 0 Å². The van der Waals surface area contributed by atoms with Gasteiger partial charge < -0.3 is 15.5 Å². The molecule has 0 aliphatic heterocycles. The largest absolute Gasteiger partial charge is 0.338 e. The Kier molecular flexibility index (Phi) is 12.2. The lowest BCUT2D eigenvalue weighted by Crippen LogP contribution is -2.37. The summed E-state index contributed by atoms with van der Waals surface area (Å²) in [5.41, 5.74) is 24.2. The molecule has 0 saturated heterocycles. The van der Waals surface area contributed by atoms with Crippen molar-refractivity contribution in [3.8, 4) is 22.3 Å². The first-order valence-electron chi connectivity index (χ1n) is 23.9. The second-order valence-electron chi connectivity index (χ2n) is 18.4. The van der Waals surface area contributed by atoms with Gasteiger partial charge in [0.1, 0.15) is 6.17 Å². The van der Waals surface area contributed by atoms with Crippen molar-refractivity contribution in [2.24, 2.45) is 5.73 Å². The van der Waals surface area contributed by atoms with Gasteiger partial charge in [-0.15, -0.1) is 0 Å². The van der Waals surface area contributed by atoms with Crippen LogP contribution in [-0.4, -0.2) is 12.2 Å². The number of allylic oxidation sites excluding steroid dienone is 9. The zero-order valence-corrected chi connectivity index (χ0v) is 39.4. The molecule has 2 atom stereocenters. The van der Waals surface area contributed by atoms with Gasteiger partial charge in [0.15, 0.2) is 0 Å². The highest BCUT2D eigenvalue weighted by Crippen LogP contribution is 2.49. The molecule has 0 radical (unpaired) electrons. The number of hydrogen-bond acceptors (Lipinski definition) is 3. The highest BCUT2D eigenvalue weighted by atomic mass is 15.2. The third kappa shape index (κ3) is 8.60. The van der Waals surface area contributed by atoms with Crippen molar-refractivity contribution in [1.29, 1.82) is 0 Å². The van der Waals surface area contributed by atoms with Gasteiger partial charge in [0.2, 0.25) is 0 Å². The van der Waals surface area contributed by atoms with E-state index in [0.29, 0.717) is 0 Å². The van der Waals surface area contributed by atoms with E-state index in [2.05, 4.69) is 251 Å². The monoisotopic (exact) mass is 869 g/mol. The molecule has 330 valence electrons. The van der Waals surface area contributed by atoms with Gasteiger partial charge in [-0.1, -0.05) is 174 Å². The Morgan fingerprint density at radius 3 is 1.78 bits per heavy atom. The van der Waals surface area contributed by atoms with E-state index in [1.165, 1.54) is 93.8 Å². The van der Waals surface area contributed by atoms with E-state index < -0.39 is 0 Å². The molecule has 0 amide bonds. The Morgan fingerprint density at radius 1 is 0.612 bits per heavy atom. The summed E-state index contributed by atoms with van der Waals surface area (Å²) in [4.78, 5) is 4.80. The van der Waals surface area contributed by atoms with E-state index in [9.17, 15) is 0 Å². The summed E-state index contributed by atoms with van der Waals surface area (Å²) in [5.74, 6) is 0. The number of nitrogens with zero attached hydrogens (tertiary/aromatic N) is 2. The van der Waals surface area contributed by atoms with E-state index in [4.69, 9.17) is 5.73 Å². The predicted molar refractivity (Wildman–Crippen MR) is 290 cm³/mol. The normalized spacial score (nSPS) is 15.8. The SMILES string of the molecule is C/C=C(C)\C=C/C(N)N(c1ccc(C)cc1)c1ccc(-c2c(-c3ccccc3)cc(C3=CC=C(N(c4ccc(C)cc4)C4C=CC(C)=CC4)CC3)c3c4ccccc4c4ccccc4c23)cc1. The molecule has 0 bridgehead atoms. The van der Waals surface area contributed by atoms with Gasteiger partial charge in [0.25, 0.3) is 0 Å². The quantitative estimate of drug-likeness (QED) is 0.0798. The zero-order valence-electron chi connectivity index (χ0n) is 39.4. The van der Waals surface area contributed by atoms with Gasteiger partial charge in [-0.2, -0.15) is 0 Å². The summed E-state index contributed by atoms with van der Waals surface area (Å²) in [6.45, 7) is 10.6. The van der Waals surface area contributed by atoms with E-state index in [0.717, 1.165) is 36.2 Å². The average Bonchev–Trinajstić information content (AvgIpc) is 3.37. The van der Waals surface area contributed by atoms with Gasteiger partial charge in [0.05, 0.1) is 6.04 Å². The fourth-order valence-electron chi connectivity index (χ4n) is 10.2. The van der Waals surface area contributed by atoms with Crippen LogP contribution in [0.5, 0.6) is 0 Å². The molecular weight excluding hydrogens is 811 g/mol. The minimum Gasteiger partial charge on any atom is -0.338 e. The molecule has 0 saturated carbocycles. The van der Waals surface area contributed by atoms with Crippen LogP contribution < -0.4 is 15.5 Å². The summed E-state index contributed by atoms with van der Waals surface area (Å²) >= 11 is 0. The first kappa shape index (κ1) is 43.4. The van der Waals surface area contributed by atoms with Crippen molar-refractivity contribution in [1.82, 2.24) is 0 Å². The lowest BCUT2D eigenvalue weighted by molar-refractivity contribution is 0.719. The number of fused-ring (bicyclic) bond motifs is 6. The van der Waals surface area contributed by atoms with Crippen molar-refractivity contribution in [2.75, 3.05) is 9.80 Å². The van der Waals surface area contributed by atoms with Gasteiger partial charge in [0, 0.05) is 22.8 Å². The smallest absolute Gasteiger partial charge is 0.101 e. The van der Waals surface area contributed by atoms with E-state index in [-0.39, 0.29) is 12.2 Å². The average molecular weight is 870 g/mol. The van der Waals surface area contributed by atoms with Crippen LogP contribution in [0.1, 0.15) is 56.7 Å². The number of hydrogen-bond donors (Lipinski definition) is 1. The second-order valence-corrected chi connectivity index (χ2v) is 18.4. The number of nitrogens with two attached hydrogens (primary N) is 1. The van der Waals surface area contributed by atoms with Crippen LogP contribution in [0.4, 0.5) is 17.1 Å². The topological polar surface area (TPSA) is 32.5 Å². The maximum atomic E-state index is 7.05. The molecule has 10 rings (SSSR count). The third-order valence-corrected chi connectivity index (χ3v) is 13.8. The Hall–Kier alpha value is -7.46. The highest BCUT2D eigenvalue weighted by Gasteiger charge is 2.27. The molecule has 2 unspecified atom stereocenters. The predicted octanol–water partition coefficient (Wildman–Crippen LogP) is 16.9. The number of benzene rings is 8. The number of anilines is 3. The molecular formula is C64H59N3. The van der Waals surface area contributed by atoms with E-state index in [1.54, 1.807) is 0 Å². The minimum atomic E-state index is -0.374. The highest BCUT2D eigenvalue weighted by molar-refractivity contribution is 6.31. The van der Waals surface area contributed by atoms with Crippen LogP contribution >= 0.6 is 0 Å². The molecule has 3 heteroatoms. The Balaban J connectivity index is 1.19. The standard InChI is InChI=1S/C64H59N3/c1-6-43(2)26-41-61(65)67(53-35-24-46(5)25-36-53)54-39-29-49(30-40-54)62-59(47-14-8-7-9-15-47)42-60(63-57-18-12-10-16-55(57)56-17-11-13-19-58(56)64(62)63)48-27-37-52(38-28-48)66(50-31-20-44(3)21-32-50)51-33-22-45(4)23-34-51/h6-27,29-33,35-37,39-42,51,61H,28,34,38,65H2,1-5H3/b41-26-,43-6-. The third-order valence-electron chi connectivity index (χ3n) is 13.8. The minimum absolute atomic E-state index is 0.262. The molecule has 2 N–H and O–H groups in total. The summed E-state index contributed by atoms with van der Waals surface area (Å²) in [6.07, 6.45) is 20.6. The van der Waals surface area contributed by atoms with Crippen LogP contribution in [0.2, 0.25) is 0 Å². The summed E-state index contributed by atoms with van der Waals surface area (Å²) in [6, 6.07) is 58.6. The fourth-order valence-corrected chi connectivity index (χ4v) is 10.2. The van der Waals surface area contributed by atoms with Crippen LogP contribution in [0, 0.1) is 13.8 Å². The lowest BCUT2D eigenvalue weighted by Gasteiger charge is -2.36. The van der Waals surface area contributed by atoms with Crippen molar-refractivity contribution in [3.63, 3.8) is 0 Å². The van der Waals surface area contributed by atoms with Gasteiger partial charge >= 0.3 is 0 Å². The van der Waals surface area contributed by atoms with Gasteiger partial charge in [-0.25, -0.2) is 0 Å². The van der Waals surface area contributed by atoms with Crippen LogP contribution in [-0.2, 0) is 0 Å². The van der Waals surface area contributed by atoms with Gasteiger partial charge in [-0.3, -0.25) is 0 Å². The second kappa shape index (κ2) is 18.8. The van der Waals surface area contributed by atoms with E-state index in [1.807, 2.05) is 0 Å². The summed E-state index contributed by atoms with van der Waals surface area (Å²) < 4.78 is 0. The zero-order chi connectivity index (χ0) is 46.0. The van der Waals surface area contributed by atoms with Crippen molar-refractivity contribution in [3.05, 3.63) is 240 Å². The molecule has 8 aromatic rings.